The number of rotatable bonds is 5. The Kier molecular flexibility index (Phi) is 3.61. The fourth-order valence-electron chi connectivity index (χ4n) is 1.00. The zero-order valence-electron chi connectivity index (χ0n) is 11.3. The molecular formula is C11H13ClFNO2. The van der Waals surface area contributed by atoms with Gasteiger partial charge in [0.25, 0.3) is 0 Å². The molecule has 0 aliphatic heterocycles. The summed E-state index contributed by atoms with van der Waals surface area (Å²) in [5, 5.41) is 11.9. The summed E-state index contributed by atoms with van der Waals surface area (Å²) < 4.78 is 35.5. The highest BCUT2D eigenvalue weighted by atomic mass is 35.5. The summed E-state index contributed by atoms with van der Waals surface area (Å²) in [6, 6.07) is 4.48. The van der Waals surface area contributed by atoms with Crippen LogP contribution in [0, 0.1) is 5.82 Å². The van der Waals surface area contributed by atoms with Crippen LogP contribution in [0.25, 0.3) is 0 Å². The van der Waals surface area contributed by atoms with Crippen molar-refractivity contribution in [2.24, 2.45) is 0 Å². The Labute approximate surface area is 102 Å². The molecule has 16 heavy (non-hydrogen) atoms. The van der Waals surface area contributed by atoms with Gasteiger partial charge in [-0.05, 0) is 24.1 Å². The quantitative estimate of drug-likeness (QED) is 0.778. The highest BCUT2D eigenvalue weighted by Gasteiger charge is 2.07. The van der Waals surface area contributed by atoms with Gasteiger partial charge in [-0.3, -0.25) is 4.79 Å². The Morgan fingerprint density at radius 1 is 1.62 bits per heavy atom. The molecule has 1 amide bonds. The lowest BCUT2D eigenvalue weighted by Gasteiger charge is -2.11. The molecule has 1 unspecified atom stereocenters. The van der Waals surface area contributed by atoms with Crippen molar-refractivity contribution in [2.75, 3.05) is 12.4 Å². The molecule has 1 rings (SSSR count). The normalized spacial score (nSPS) is 17.8. The summed E-state index contributed by atoms with van der Waals surface area (Å²) in [4.78, 5) is 11.0. The van der Waals surface area contributed by atoms with Gasteiger partial charge >= 0.3 is 0 Å². The number of alkyl halides is 1. The first-order valence-electron chi connectivity index (χ1n) is 6.02. The largest absolute Gasteiger partial charge is 0.388 e. The second-order valence-corrected chi connectivity index (χ2v) is 3.26. The van der Waals surface area contributed by atoms with Crippen molar-refractivity contribution in [2.45, 2.75) is 12.5 Å². The molecule has 0 fully saturated rings. The van der Waals surface area contributed by atoms with Crippen molar-refractivity contribution in [3.8, 4) is 0 Å². The molecule has 0 saturated heterocycles. The van der Waals surface area contributed by atoms with E-state index in [-0.39, 0.29) is 5.56 Å². The van der Waals surface area contributed by atoms with Crippen LogP contribution in [0.1, 0.15) is 22.2 Å². The van der Waals surface area contributed by atoms with E-state index in [9.17, 15) is 14.3 Å². The second kappa shape index (κ2) is 6.45. The van der Waals surface area contributed by atoms with Crippen LogP contribution < -0.4 is 5.32 Å². The van der Waals surface area contributed by atoms with Gasteiger partial charge in [-0.25, -0.2) is 4.39 Å². The fourth-order valence-corrected chi connectivity index (χ4v) is 1.07. The van der Waals surface area contributed by atoms with Crippen molar-refractivity contribution >= 4 is 17.5 Å². The molecule has 0 aliphatic rings. The number of benzene rings is 1. The van der Waals surface area contributed by atoms with E-state index in [0.29, 0.717) is 0 Å². The summed E-state index contributed by atoms with van der Waals surface area (Å²) in [7, 11) is 0. The van der Waals surface area contributed by atoms with Gasteiger partial charge in [0, 0.05) is 9.24 Å². The van der Waals surface area contributed by atoms with Crippen LogP contribution in [0.15, 0.2) is 24.3 Å². The topological polar surface area (TPSA) is 49.3 Å². The summed E-state index contributed by atoms with van der Waals surface area (Å²) in [6.07, 6.45) is -3.01. The van der Waals surface area contributed by atoms with Crippen LogP contribution in [0.5, 0.6) is 0 Å². The highest BCUT2D eigenvalue weighted by Crippen LogP contribution is 2.15. The van der Waals surface area contributed by atoms with Crippen molar-refractivity contribution in [1.82, 2.24) is 5.32 Å². The number of amides is 1. The lowest BCUT2D eigenvalue weighted by molar-refractivity contribution is -0.118. The summed E-state index contributed by atoms with van der Waals surface area (Å²) >= 11 is 5.23. The predicted molar refractivity (Wildman–Crippen MR) is 59.7 cm³/mol. The Morgan fingerprint density at radius 2 is 2.25 bits per heavy atom. The molecule has 0 saturated carbocycles. The van der Waals surface area contributed by atoms with Crippen LogP contribution in [0.3, 0.4) is 0 Å². The third-order valence-electron chi connectivity index (χ3n) is 1.78. The minimum atomic E-state index is -2.31. The third kappa shape index (κ3) is 4.16. The lowest BCUT2D eigenvalue weighted by Crippen LogP contribution is -2.26. The molecule has 1 aromatic rings. The number of hydrogen-bond donors (Lipinski definition) is 2. The number of aliphatic hydroxyl groups is 1. The van der Waals surface area contributed by atoms with Crippen molar-refractivity contribution < 1.29 is 18.4 Å². The molecule has 88 valence electrons. The van der Waals surface area contributed by atoms with E-state index in [1.807, 2.05) is 5.32 Å². The Bertz CT molecular complexity index is 454. The summed E-state index contributed by atoms with van der Waals surface area (Å²) in [6.45, 7) is -2.31. The van der Waals surface area contributed by atoms with Crippen LogP contribution in [0.2, 0.25) is 0 Å². The highest BCUT2D eigenvalue weighted by molar-refractivity contribution is 6.27. The predicted octanol–water partition coefficient (Wildman–Crippen LogP) is 1.60. The first-order chi connectivity index (χ1) is 8.66. The van der Waals surface area contributed by atoms with E-state index in [0.717, 1.165) is 12.1 Å². The van der Waals surface area contributed by atoms with E-state index in [1.54, 1.807) is 0 Å². The van der Waals surface area contributed by atoms with Gasteiger partial charge in [-0.2, -0.15) is 0 Å². The van der Waals surface area contributed by atoms with E-state index < -0.39 is 36.6 Å². The van der Waals surface area contributed by atoms with Crippen LogP contribution >= 0.6 is 11.6 Å². The second-order valence-electron chi connectivity index (χ2n) is 2.99. The molecule has 1 atom stereocenters. The number of carbonyl (C=O) groups is 1. The standard InChI is InChI=1S/C11H13ClFNO2/c12-7-11(16)14-6-5-10(15)8-1-3-9(13)4-2-8/h1-4,10,15H,5-7H2,(H,14,16)/i6D2,10D. The molecule has 0 heterocycles. The van der Waals surface area contributed by atoms with Crippen LogP contribution in [-0.2, 0) is 4.79 Å². The summed E-state index contributed by atoms with van der Waals surface area (Å²) in [5.74, 6) is -1.70. The Hall–Kier alpha value is -1.13. The van der Waals surface area contributed by atoms with E-state index in [1.165, 1.54) is 12.1 Å². The maximum atomic E-state index is 12.7. The molecule has 3 nitrogen and oxygen atoms in total. The van der Waals surface area contributed by atoms with Gasteiger partial charge in [0.2, 0.25) is 5.91 Å². The zero-order valence-corrected chi connectivity index (χ0v) is 9.09. The first kappa shape index (κ1) is 8.96. The maximum Gasteiger partial charge on any atom is 0.234 e. The molecule has 0 spiro atoms. The van der Waals surface area contributed by atoms with Gasteiger partial charge in [-0.15, -0.1) is 11.6 Å². The van der Waals surface area contributed by atoms with Crippen molar-refractivity contribution in [3.05, 3.63) is 35.6 Å². The van der Waals surface area contributed by atoms with Gasteiger partial charge in [-0.1, -0.05) is 12.1 Å². The minimum Gasteiger partial charge on any atom is -0.388 e. The maximum absolute atomic E-state index is 12.7. The van der Waals surface area contributed by atoms with E-state index in [4.69, 9.17) is 15.7 Å². The first-order valence-corrected chi connectivity index (χ1v) is 5.05. The van der Waals surface area contributed by atoms with E-state index >= 15 is 0 Å². The number of hydrogen-bond acceptors (Lipinski definition) is 2. The molecule has 2 N–H and O–H groups in total. The number of nitrogens with one attached hydrogen (secondary N) is 1. The molecule has 5 heteroatoms. The third-order valence-corrected chi connectivity index (χ3v) is 2.03. The SMILES string of the molecule is [2H]C([2H])(CC([2H])(O)c1ccc(F)cc1)NC(=O)CCl. The van der Waals surface area contributed by atoms with E-state index in [2.05, 4.69) is 0 Å². The van der Waals surface area contributed by atoms with Gasteiger partial charge in [0.15, 0.2) is 0 Å². The number of halogens is 2. The molecule has 0 bridgehead atoms. The summed E-state index contributed by atoms with van der Waals surface area (Å²) in [5.41, 5.74) is 0.0258. The molecule has 1 aromatic carbocycles. The lowest BCUT2D eigenvalue weighted by atomic mass is 10.1. The molecule has 0 aliphatic carbocycles. The number of carbonyl (C=O) groups excluding carboxylic acids is 1. The van der Waals surface area contributed by atoms with Crippen LogP contribution in [0.4, 0.5) is 4.39 Å². The zero-order chi connectivity index (χ0) is 14.7. The minimum absolute atomic E-state index is 0.0258. The van der Waals surface area contributed by atoms with Crippen molar-refractivity contribution in [3.63, 3.8) is 0 Å². The smallest absolute Gasteiger partial charge is 0.234 e. The average molecular weight is 249 g/mol. The Morgan fingerprint density at radius 3 is 2.81 bits per heavy atom. The van der Waals surface area contributed by atoms with Gasteiger partial charge in [0.05, 0.1) is 7.45 Å². The molecule has 0 radical (unpaired) electrons. The fraction of sp³-hybridized carbons (Fsp3) is 0.364. The monoisotopic (exact) mass is 248 g/mol. The average Bonchev–Trinajstić information content (AvgIpc) is 2.27. The molecular weight excluding hydrogens is 233 g/mol. The molecule has 0 aromatic heterocycles. The van der Waals surface area contributed by atoms with Crippen molar-refractivity contribution in [1.29, 1.82) is 0 Å². The van der Waals surface area contributed by atoms with Gasteiger partial charge < -0.3 is 10.4 Å². The van der Waals surface area contributed by atoms with Crippen LogP contribution in [-0.4, -0.2) is 23.4 Å². The van der Waals surface area contributed by atoms with Gasteiger partial charge in [0.1, 0.15) is 11.7 Å². The Balaban J connectivity index is 2.83.